The molecule has 2 heterocycles. The van der Waals surface area contributed by atoms with E-state index in [2.05, 4.69) is 15.2 Å². The van der Waals surface area contributed by atoms with E-state index in [0.717, 1.165) is 24.5 Å². The minimum atomic E-state index is -0.268. The minimum absolute atomic E-state index is 0.268. The number of nitrogens with zero attached hydrogens (tertiary/aromatic N) is 2. The SMILES string of the molecule is CCOc1cc(/C=C/C(=O)Nc2ccc(N3CCOCC3)nc2)cc(Cl)c1OC. The van der Waals surface area contributed by atoms with Crippen molar-refractivity contribution in [3.8, 4) is 11.5 Å². The molecule has 0 aliphatic carbocycles. The van der Waals surface area contributed by atoms with Crippen molar-refractivity contribution >= 4 is 35.1 Å². The number of hydrogen-bond acceptors (Lipinski definition) is 6. The Bertz CT molecular complexity index is 865. The lowest BCUT2D eigenvalue weighted by Gasteiger charge is -2.27. The van der Waals surface area contributed by atoms with Crippen LogP contribution in [-0.2, 0) is 9.53 Å². The highest BCUT2D eigenvalue weighted by Gasteiger charge is 2.13. The molecule has 7 nitrogen and oxygen atoms in total. The predicted octanol–water partition coefficient (Wildman–Crippen LogP) is 3.63. The standard InChI is InChI=1S/C21H24ClN3O4/c1-3-29-18-13-15(12-17(22)21(18)27-2)4-7-20(26)24-16-5-6-19(23-14-16)25-8-10-28-11-9-25/h4-7,12-14H,3,8-11H2,1-2H3,(H,24,26)/b7-4+. The van der Waals surface area contributed by atoms with Crippen LogP contribution >= 0.6 is 11.6 Å². The molecule has 1 aromatic heterocycles. The number of benzene rings is 1. The summed E-state index contributed by atoms with van der Waals surface area (Å²) < 4.78 is 16.2. The van der Waals surface area contributed by atoms with Crippen molar-refractivity contribution in [2.24, 2.45) is 0 Å². The highest BCUT2D eigenvalue weighted by atomic mass is 35.5. The number of anilines is 2. The maximum Gasteiger partial charge on any atom is 0.248 e. The van der Waals surface area contributed by atoms with E-state index >= 15 is 0 Å². The Kier molecular flexibility index (Phi) is 7.32. The van der Waals surface area contributed by atoms with Crippen molar-refractivity contribution in [3.05, 3.63) is 47.1 Å². The lowest BCUT2D eigenvalue weighted by atomic mass is 10.2. The Morgan fingerprint density at radius 3 is 2.79 bits per heavy atom. The van der Waals surface area contributed by atoms with E-state index in [1.807, 2.05) is 19.1 Å². The Morgan fingerprint density at radius 2 is 2.14 bits per heavy atom. The summed E-state index contributed by atoms with van der Waals surface area (Å²) in [4.78, 5) is 18.8. The molecule has 1 amide bonds. The number of amides is 1. The molecule has 1 N–H and O–H groups in total. The summed E-state index contributed by atoms with van der Waals surface area (Å²) in [5.41, 5.74) is 1.36. The monoisotopic (exact) mass is 417 g/mol. The fourth-order valence-electron chi connectivity index (χ4n) is 2.94. The van der Waals surface area contributed by atoms with Gasteiger partial charge in [-0.2, -0.15) is 0 Å². The van der Waals surface area contributed by atoms with Gasteiger partial charge in [-0.15, -0.1) is 0 Å². The number of pyridine rings is 1. The number of methoxy groups -OCH3 is 1. The average Bonchev–Trinajstić information content (AvgIpc) is 2.74. The molecular weight excluding hydrogens is 394 g/mol. The number of morpholine rings is 1. The van der Waals surface area contributed by atoms with Crippen LogP contribution in [-0.4, -0.2) is 50.9 Å². The van der Waals surface area contributed by atoms with Gasteiger partial charge in [-0.25, -0.2) is 4.98 Å². The molecule has 3 rings (SSSR count). The molecule has 0 unspecified atom stereocenters. The Labute approximate surface area is 175 Å². The zero-order valence-corrected chi connectivity index (χ0v) is 17.2. The lowest BCUT2D eigenvalue weighted by Crippen LogP contribution is -2.36. The zero-order valence-electron chi connectivity index (χ0n) is 16.5. The van der Waals surface area contributed by atoms with Crippen LogP contribution in [0.1, 0.15) is 12.5 Å². The quantitative estimate of drug-likeness (QED) is 0.693. The van der Waals surface area contributed by atoms with Crippen molar-refractivity contribution in [1.82, 2.24) is 4.98 Å². The number of hydrogen-bond donors (Lipinski definition) is 1. The van der Waals surface area contributed by atoms with Gasteiger partial charge in [0.2, 0.25) is 5.91 Å². The molecule has 1 aliphatic heterocycles. The molecule has 0 atom stereocenters. The Hall–Kier alpha value is -2.77. The molecular formula is C21H24ClN3O4. The molecule has 154 valence electrons. The molecule has 1 fully saturated rings. The number of rotatable bonds is 7. The zero-order chi connectivity index (χ0) is 20.6. The second kappa shape index (κ2) is 10.1. The summed E-state index contributed by atoms with van der Waals surface area (Å²) in [5, 5.41) is 3.22. The van der Waals surface area contributed by atoms with E-state index in [4.69, 9.17) is 25.8 Å². The van der Waals surface area contributed by atoms with Crippen LogP contribution in [0.15, 0.2) is 36.5 Å². The third-order valence-corrected chi connectivity index (χ3v) is 4.59. The van der Waals surface area contributed by atoms with Crippen LogP contribution in [0.5, 0.6) is 11.5 Å². The number of ether oxygens (including phenoxy) is 3. The summed E-state index contributed by atoms with van der Waals surface area (Å²) in [6.07, 6.45) is 4.75. The van der Waals surface area contributed by atoms with Gasteiger partial charge in [0, 0.05) is 19.2 Å². The minimum Gasteiger partial charge on any atom is -0.491 e. The highest BCUT2D eigenvalue weighted by molar-refractivity contribution is 6.32. The first kappa shape index (κ1) is 21.0. The molecule has 0 bridgehead atoms. The van der Waals surface area contributed by atoms with Crippen LogP contribution in [0, 0.1) is 0 Å². The van der Waals surface area contributed by atoms with Crippen molar-refractivity contribution in [3.63, 3.8) is 0 Å². The maximum absolute atomic E-state index is 12.2. The van der Waals surface area contributed by atoms with Gasteiger partial charge in [0.1, 0.15) is 5.82 Å². The van der Waals surface area contributed by atoms with E-state index in [0.29, 0.717) is 42.0 Å². The van der Waals surface area contributed by atoms with E-state index < -0.39 is 0 Å². The fraction of sp³-hybridized carbons (Fsp3) is 0.333. The highest BCUT2D eigenvalue weighted by Crippen LogP contribution is 2.36. The predicted molar refractivity (Wildman–Crippen MR) is 114 cm³/mol. The van der Waals surface area contributed by atoms with Gasteiger partial charge in [-0.1, -0.05) is 11.6 Å². The van der Waals surface area contributed by atoms with Gasteiger partial charge in [0.05, 0.1) is 43.8 Å². The summed E-state index contributed by atoms with van der Waals surface area (Å²) >= 11 is 6.23. The summed E-state index contributed by atoms with van der Waals surface area (Å²) in [7, 11) is 1.53. The van der Waals surface area contributed by atoms with Gasteiger partial charge >= 0.3 is 0 Å². The number of carbonyl (C=O) groups is 1. The van der Waals surface area contributed by atoms with E-state index in [1.165, 1.54) is 13.2 Å². The third-order valence-electron chi connectivity index (χ3n) is 4.31. The van der Waals surface area contributed by atoms with Gasteiger partial charge in [-0.05, 0) is 42.8 Å². The van der Waals surface area contributed by atoms with E-state index in [-0.39, 0.29) is 5.91 Å². The third kappa shape index (κ3) is 5.62. The molecule has 29 heavy (non-hydrogen) atoms. The van der Waals surface area contributed by atoms with E-state index in [9.17, 15) is 4.79 Å². The second-order valence-electron chi connectivity index (χ2n) is 6.29. The first-order valence-corrected chi connectivity index (χ1v) is 9.76. The van der Waals surface area contributed by atoms with Crippen molar-refractivity contribution in [2.75, 3.05) is 50.2 Å². The van der Waals surface area contributed by atoms with Gasteiger partial charge in [-0.3, -0.25) is 4.79 Å². The summed E-state index contributed by atoms with van der Waals surface area (Å²) in [5.74, 6) is 1.61. The van der Waals surface area contributed by atoms with Crippen LogP contribution in [0.2, 0.25) is 5.02 Å². The molecule has 1 aromatic carbocycles. The molecule has 0 radical (unpaired) electrons. The average molecular weight is 418 g/mol. The molecule has 1 aliphatic rings. The van der Waals surface area contributed by atoms with Crippen molar-refractivity contribution in [2.45, 2.75) is 6.92 Å². The van der Waals surface area contributed by atoms with Gasteiger partial charge in [0.15, 0.2) is 11.5 Å². The smallest absolute Gasteiger partial charge is 0.248 e. The number of nitrogens with one attached hydrogen (secondary N) is 1. The molecule has 1 saturated heterocycles. The molecule has 0 spiro atoms. The number of halogens is 1. The number of carbonyl (C=O) groups excluding carboxylic acids is 1. The van der Waals surface area contributed by atoms with Crippen molar-refractivity contribution in [1.29, 1.82) is 0 Å². The fourth-order valence-corrected chi connectivity index (χ4v) is 3.24. The second-order valence-corrected chi connectivity index (χ2v) is 6.70. The van der Waals surface area contributed by atoms with Gasteiger partial charge < -0.3 is 24.4 Å². The van der Waals surface area contributed by atoms with E-state index in [1.54, 1.807) is 24.4 Å². The van der Waals surface area contributed by atoms with Crippen LogP contribution < -0.4 is 19.7 Å². The Balaban J connectivity index is 1.63. The number of aromatic nitrogens is 1. The topological polar surface area (TPSA) is 72.9 Å². The molecule has 8 heteroatoms. The molecule has 0 saturated carbocycles. The van der Waals surface area contributed by atoms with Crippen LogP contribution in [0.3, 0.4) is 0 Å². The van der Waals surface area contributed by atoms with Crippen LogP contribution in [0.25, 0.3) is 6.08 Å². The lowest BCUT2D eigenvalue weighted by molar-refractivity contribution is -0.111. The van der Waals surface area contributed by atoms with Crippen LogP contribution in [0.4, 0.5) is 11.5 Å². The first-order valence-electron chi connectivity index (χ1n) is 9.39. The summed E-state index contributed by atoms with van der Waals surface area (Å²) in [6.45, 7) is 5.39. The maximum atomic E-state index is 12.2. The van der Waals surface area contributed by atoms with Gasteiger partial charge in [0.25, 0.3) is 0 Å². The largest absolute Gasteiger partial charge is 0.491 e. The summed E-state index contributed by atoms with van der Waals surface area (Å²) in [6, 6.07) is 7.21. The normalized spacial score (nSPS) is 14.1. The molecule has 2 aromatic rings. The van der Waals surface area contributed by atoms with Crippen molar-refractivity contribution < 1.29 is 19.0 Å². The first-order chi connectivity index (χ1) is 14.1. The Morgan fingerprint density at radius 1 is 1.34 bits per heavy atom.